The molecule has 3 aromatic rings. The maximum Gasteiger partial charge on any atom is 0.387 e. The van der Waals surface area contributed by atoms with Gasteiger partial charge in [0.1, 0.15) is 17.2 Å². The highest BCUT2D eigenvalue weighted by Crippen LogP contribution is 2.33. The largest absolute Gasteiger partial charge is 0.497 e. The lowest BCUT2D eigenvalue weighted by molar-refractivity contribution is -0.0498. The number of benzene rings is 2. The smallest absolute Gasteiger partial charge is 0.387 e. The topological polar surface area (TPSA) is 83.7 Å². The number of rotatable bonds is 9. The van der Waals surface area contributed by atoms with E-state index in [0.29, 0.717) is 22.6 Å². The number of methoxy groups -OCH3 is 2. The van der Waals surface area contributed by atoms with E-state index in [2.05, 4.69) is 14.9 Å². The molecule has 0 aliphatic carbocycles. The van der Waals surface area contributed by atoms with Gasteiger partial charge in [-0.15, -0.1) is 10.2 Å². The van der Waals surface area contributed by atoms with Crippen LogP contribution < -0.4 is 14.2 Å². The van der Waals surface area contributed by atoms with Gasteiger partial charge in [-0.25, -0.2) is 0 Å². The molecular weight excluding hydrogens is 406 g/mol. The first-order chi connectivity index (χ1) is 14.0. The number of carbonyl (C=O) groups is 1. The molecule has 0 saturated heterocycles. The number of alkyl halides is 2. The monoisotopic (exact) mass is 422 g/mol. The summed E-state index contributed by atoms with van der Waals surface area (Å²) in [6.45, 7) is -2.91. The van der Waals surface area contributed by atoms with Crippen molar-refractivity contribution < 1.29 is 32.2 Å². The molecule has 0 bridgehead atoms. The minimum absolute atomic E-state index is 0.0146. The molecule has 0 atom stereocenters. The van der Waals surface area contributed by atoms with Crippen molar-refractivity contribution >= 4 is 17.5 Å². The quantitative estimate of drug-likeness (QED) is 0.372. The number of thioether (sulfide) groups is 1. The molecule has 0 aliphatic heterocycles. The van der Waals surface area contributed by atoms with E-state index in [0.717, 1.165) is 11.8 Å². The predicted molar refractivity (Wildman–Crippen MR) is 101 cm³/mol. The SMILES string of the molecule is COc1ccc(-c2nnc(SCC(=O)c3ccc(OC(F)F)cc3)o2)c(OC)c1. The first kappa shape index (κ1) is 20.6. The standard InChI is InChI=1S/C19H16F2N2O5S/c1-25-13-7-8-14(16(9-13)26-2)17-22-23-19(28-17)29-10-15(24)11-3-5-12(6-4-11)27-18(20)21/h3-9,18H,10H2,1-2H3. The molecule has 2 aromatic carbocycles. The van der Waals surface area contributed by atoms with Gasteiger partial charge in [-0.2, -0.15) is 8.78 Å². The van der Waals surface area contributed by atoms with Gasteiger partial charge < -0.3 is 18.6 Å². The Balaban J connectivity index is 1.64. The number of hydrogen-bond acceptors (Lipinski definition) is 8. The Morgan fingerprint density at radius 3 is 2.45 bits per heavy atom. The van der Waals surface area contributed by atoms with Crippen LogP contribution in [-0.2, 0) is 0 Å². The Morgan fingerprint density at radius 1 is 1.07 bits per heavy atom. The predicted octanol–water partition coefficient (Wildman–Crippen LogP) is 4.33. The molecule has 0 amide bonds. The third-order valence-electron chi connectivity index (χ3n) is 3.77. The van der Waals surface area contributed by atoms with Gasteiger partial charge in [0, 0.05) is 11.6 Å². The van der Waals surface area contributed by atoms with Crippen molar-refractivity contribution in [3.05, 3.63) is 48.0 Å². The summed E-state index contributed by atoms with van der Waals surface area (Å²) in [5, 5.41) is 8.12. The van der Waals surface area contributed by atoms with Gasteiger partial charge in [0.2, 0.25) is 0 Å². The normalized spacial score (nSPS) is 10.8. The summed E-state index contributed by atoms with van der Waals surface area (Å²) in [6, 6.07) is 10.6. The number of carbonyl (C=O) groups excluding carboxylic acids is 1. The minimum atomic E-state index is -2.91. The van der Waals surface area contributed by atoms with Crippen LogP contribution in [0.25, 0.3) is 11.5 Å². The summed E-state index contributed by atoms with van der Waals surface area (Å²) >= 11 is 1.07. The maximum absolute atomic E-state index is 12.3. The average Bonchev–Trinajstić information content (AvgIpc) is 3.20. The minimum Gasteiger partial charge on any atom is -0.497 e. The van der Waals surface area contributed by atoms with Crippen molar-refractivity contribution in [3.8, 4) is 28.7 Å². The van der Waals surface area contributed by atoms with Crippen LogP contribution in [0.15, 0.2) is 52.1 Å². The van der Waals surface area contributed by atoms with Crippen molar-refractivity contribution in [2.24, 2.45) is 0 Å². The Hall–Kier alpha value is -3.14. The van der Waals surface area contributed by atoms with E-state index in [1.807, 2.05) is 0 Å². The number of ether oxygens (including phenoxy) is 3. The second kappa shape index (κ2) is 9.37. The number of nitrogens with zero attached hydrogens (tertiary/aromatic N) is 2. The third-order valence-corrected chi connectivity index (χ3v) is 4.59. The molecule has 1 aromatic heterocycles. The fourth-order valence-corrected chi connectivity index (χ4v) is 3.04. The zero-order valence-electron chi connectivity index (χ0n) is 15.4. The molecule has 0 N–H and O–H groups in total. The van der Waals surface area contributed by atoms with Gasteiger partial charge in [-0.05, 0) is 36.4 Å². The summed E-state index contributed by atoms with van der Waals surface area (Å²) in [5.41, 5.74) is 0.948. The first-order valence-electron chi connectivity index (χ1n) is 8.27. The van der Waals surface area contributed by atoms with E-state index in [-0.39, 0.29) is 28.4 Å². The highest BCUT2D eigenvalue weighted by molar-refractivity contribution is 7.99. The van der Waals surface area contributed by atoms with Crippen LogP contribution in [0.3, 0.4) is 0 Å². The lowest BCUT2D eigenvalue weighted by Gasteiger charge is -2.07. The summed E-state index contributed by atoms with van der Waals surface area (Å²) in [7, 11) is 3.06. The maximum atomic E-state index is 12.3. The van der Waals surface area contributed by atoms with Gasteiger partial charge in [0.15, 0.2) is 5.78 Å². The molecule has 152 valence electrons. The summed E-state index contributed by atoms with van der Waals surface area (Å²) in [5.74, 6) is 1.17. The van der Waals surface area contributed by atoms with Crippen molar-refractivity contribution in [1.29, 1.82) is 0 Å². The lowest BCUT2D eigenvalue weighted by atomic mass is 10.1. The van der Waals surface area contributed by atoms with E-state index in [1.54, 1.807) is 25.3 Å². The fraction of sp³-hybridized carbons (Fsp3) is 0.211. The van der Waals surface area contributed by atoms with Gasteiger partial charge >= 0.3 is 6.61 Å². The van der Waals surface area contributed by atoms with Crippen LogP contribution in [0.2, 0.25) is 0 Å². The van der Waals surface area contributed by atoms with E-state index in [1.165, 1.54) is 31.4 Å². The number of ketones is 1. The number of halogens is 2. The molecule has 7 nitrogen and oxygen atoms in total. The Morgan fingerprint density at radius 2 is 1.79 bits per heavy atom. The second-order valence-electron chi connectivity index (χ2n) is 5.55. The zero-order chi connectivity index (χ0) is 20.8. The Kier molecular flexibility index (Phi) is 6.65. The second-order valence-corrected chi connectivity index (χ2v) is 6.48. The van der Waals surface area contributed by atoms with Gasteiger partial charge in [-0.3, -0.25) is 4.79 Å². The summed E-state index contributed by atoms with van der Waals surface area (Å²) in [4.78, 5) is 12.3. The molecule has 10 heteroatoms. The van der Waals surface area contributed by atoms with Crippen LogP contribution in [0.4, 0.5) is 8.78 Å². The van der Waals surface area contributed by atoms with E-state index in [4.69, 9.17) is 13.9 Å². The van der Waals surface area contributed by atoms with Crippen LogP contribution in [-0.4, -0.2) is 42.6 Å². The molecule has 0 radical (unpaired) electrons. The van der Waals surface area contributed by atoms with Gasteiger partial charge in [0.25, 0.3) is 11.1 Å². The number of Topliss-reactive ketones (excluding diaryl/α,β-unsaturated/α-hetero) is 1. The molecule has 0 saturated carbocycles. The molecular formula is C19H16F2N2O5S. The van der Waals surface area contributed by atoms with Crippen LogP contribution >= 0.6 is 11.8 Å². The van der Waals surface area contributed by atoms with Gasteiger partial charge in [0.05, 0.1) is 25.5 Å². The lowest BCUT2D eigenvalue weighted by Crippen LogP contribution is -2.04. The van der Waals surface area contributed by atoms with Crippen molar-refractivity contribution in [2.45, 2.75) is 11.8 Å². The van der Waals surface area contributed by atoms with Crippen molar-refractivity contribution in [3.63, 3.8) is 0 Å². The Labute approximate surface area is 169 Å². The highest BCUT2D eigenvalue weighted by atomic mass is 32.2. The fourth-order valence-electron chi connectivity index (χ4n) is 2.39. The van der Waals surface area contributed by atoms with Crippen molar-refractivity contribution in [2.75, 3.05) is 20.0 Å². The zero-order valence-corrected chi connectivity index (χ0v) is 16.2. The molecule has 0 spiro atoms. The molecule has 1 heterocycles. The van der Waals surface area contributed by atoms with Crippen LogP contribution in [0.5, 0.6) is 17.2 Å². The molecule has 0 aliphatic rings. The molecule has 29 heavy (non-hydrogen) atoms. The highest BCUT2D eigenvalue weighted by Gasteiger charge is 2.16. The number of hydrogen-bond donors (Lipinski definition) is 0. The average molecular weight is 422 g/mol. The Bertz CT molecular complexity index is 979. The summed E-state index contributed by atoms with van der Waals surface area (Å²) < 4.78 is 44.7. The molecule has 0 unspecified atom stereocenters. The van der Waals surface area contributed by atoms with Crippen molar-refractivity contribution in [1.82, 2.24) is 10.2 Å². The molecule has 3 rings (SSSR count). The van der Waals surface area contributed by atoms with Crippen LogP contribution in [0.1, 0.15) is 10.4 Å². The van der Waals surface area contributed by atoms with E-state index >= 15 is 0 Å². The first-order valence-corrected chi connectivity index (χ1v) is 9.25. The third kappa shape index (κ3) is 5.23. The van der Waals surface area contributed by atoms with E-state index < -0.39 is 6.61 Å². The molecule has 0 fully saturated rings. The van der Waals surface area contributed by atoms with Crippen LogP contribution in [0, 0.1) is 0 Å². The summed E-state index contributed by atoms with van der Waals surface area (Å²) in [6.07, 6.45) is 0. The number of aromatic nitrogens is 2. The van der Waals surface area contributed by atoms with Gasteiger partial charge in [-0.1, -0.05) is 11.8 Å². The van der Waals surface area contributed by atoms with E-state index in [9.17, 15) is 13.6 Å².